The van der Waals surface area contributed by atoms with Crippen molar-refractivity contribution >= 4 is 0 Å². The van der Waals surface area contributed by atoms with Crippen molar-refractivity contribution in [3.05, 3.63) is 35.4 Å². The van der Waals surface area contributed by atoms with Gasteiger partial charge in [-0.1, -0.05) is 24.3 Å². The molecule has 0 radical (unpaired) electrons. The van der Waals surface area contributed by atoms with E-state index in [1.54, 1.807) is 6.92 Å². The highest BCUT2D eigenvalue weighted by molar-refractivity contribution is 5.25. The first kappa shape index (κ1) is 11.2. The second kappa shape index (κ2) is 4.56. The molecule has 0 heterocycles. The van der Waals surface area contributed by atoms with Gasteiger partial charge in [0.05, 0.1) is 0 Å². The van der Waals surface area contributed by atoms with Crippen LogP contribution in [0, 0.1) is 6.92 Å². The zero-order valence-corrected chi connectivity index (χ0v) is 8.89. The van der Waals surface area contributed by atoms with Crippen molar-refractivity contribution < 1.29 is 4.39 Å². The average Bonchev–Trinajstić information content (AvgIpc) is 2.17. The van der Waals surface area contributed by atoms with Crippen molar-refractivity contribution in [2.75, 3.05) is 6.54 Å². The summed E-state index contributed by atoms with van der Waals surface area (Å²) in [5.41, 5.74) is 6.53. The zero-order valence-electron chi connectivity index (χ0n) is 8.89. The molecule has 0 aromatic heterocycles. The van der Waals surface area contributed by atoms with E-state index in [4.69, 9.17) is 5.73 Å². The number of halogens is 1. The van der Waals surface area contributed by atoms with Crippen molar-refractivity contribution in [1.29, 1.82) is 0 Å². The minimum Gasteiger partial charge on any atom is -0.328 e. The number of rotatable bonds is 4. The Hall–Kier alpha value is -0.890. The number of hydrogen-bond donors (Lipinski definition) is 1. The predicted octanol–water partition coefficient (Wildman–Crippen LogP) is 2.61. The minimum atomic E-state index is -1.23. The maximum Gasteiger partial charge on any atom is 0.120 e. The molecule has 2 N–H and O–H groups in total. The molecular formula is C12H18FN. The number of alkyl halides is 1. The number of hydrogen-bond acceptors (Lipinski definition) is 1. The maximum atomic E-state index is 13.5. The Labute approximate surface area is 85.1 Å². The van der Waals surface area contributed by atoms with E-state index in [9.17, 15) is 4.39 Å². The lowest BCUT2D eigenvalue weighted by Gasteiger charge is -2.18. The van der Waals surface area contributed by atoms with Gasteiger partial charge in [-0.25, -0.2) is 4.39 Å². The van der Waals surface area contributed by atoms with Crippen molar-refractivity contribution in [2.24, 2.45) is 5.73 Å². The molecule has 1 rings (SSSR count). The molecule has 0 aliphatic heterocycles. The minimum absolute atomic E-state index is 0.0961. The van der Waals surface area contributed by atoms with Gasteiger partial charge in [-0.15, -0.1) is 0 Å². The van der Waals surface area contributed by atoms with Crippen LogP contribution in [0.1, 0.15) is 24.5 Å². The summed E-state index contributed by atoms with van der Waals surface area (Å²) < 4.78 is 13.5. The van der Waals surface area contributed by atoms with E-state index in [1.807, 2.05) is 31.2 Å². The average molecular weight is 195 g/mol. The Kier molecular flexibility index (Phi) is 3.64. The zero-order chi connectivity index (χ0) is 10.6. The number of nitrogens with two attached hydrogens (primary N) is 1. The smallest absolute Gasteiger partial charge is 0.120 e. The Bertz CT molecular complexity index is 294. The molecule has 0 aliphatic carbocycles. The van der Waals surface area contributed by atoms with E-state index in [2.05, 4.69) is 0 Å². The van der Waals surface area contributed by atoms with Crippen molar-refractivity contribution in [2.45, 2.75) is 32.4 Å². The van der Waals surface area contributed by atoms with E-state index in [1.165, 1.54) is 11.1 Å². The van der Waals surface area contributed by atoms with Gasteiger partial charge < -0.3 is 5.73 Å². The maximum absolute atomic E-state index is 13.5. The van der Waals surface area contributed by atoms with E-state index in [-0.39, 0.29) is 6.54 Å². The number of aryl methyl sites for hydroxylation is 2. The molecule has 0 amide bonds. The second-order valence-corrected chi connectivity index (χ2v) is 4.04. The van der Waals surface area contributed by atoms with Crippen LogP contribution in [0.25, 0.3) is 0 Å². The highest BCUT2D eigenvalue weighted by Crippen LogP contribution is 2.18. The van der Waals surface area contributed by atoms with Gasteiger partial charge in [0.1, 0.15) is 5.67 Å². The van der Waals surface area contributed by atoms with Crippen LogP contribution in [0.4, 0.5) is 4.39 Å². The van der Waals surface area contributed by atoms with Gasteiger partial charge in [0, 0.05) is 6.54 Å². The Morgan fingerprint density at radius 2 is 2.00 bits per heavy atom. The molecule has 1 aromatic carbocycles. The normalized spacial score (nSPS) is 15.1. The summed E-state index contributed by atoms with van der Waals surface area (Å²) >= 11 is 0. The highest BCUT2D eigenvalue weighted by Gasteiger charge is 2.20. The largest absolute Gasteiger partial charge is 0.328 e. The molecule has 0 spiro atoms. The van der Waals surface area contributed by atoms with Crippen LogP contribution in [-0.4, -0.2) is 12.2 Å². The van der Waals surface area contributed by atoms with Crippen molar-refractivity contribution in [3.8, 4) is 0 Å². The molecule has 1 unspecified atom stereocenters. The summed E-state index contributed by atoms with van der Waals surface area (Å²) in [4.78, 5) is 0. The van der Waals surface area contributed by atoms with E-state index in [0.29, 0.717) is 6.42 Å². The molecule has 78 valence electrons. The third-order valence-electron chi connectivity index (χ3n) is 2.60. The molecule has 0 saturated heterocycles. The van der Waals surface area contributed by atoms with Crippen LogP contribution in [-0.2, 0) is 6.42 Å². The summed E-state index contributed by atoms with van der Waals surface area (Å²) in [6.45, 7) is 3.71. The van der Waals surface area contributed by atoms with Gasteiger partial charge in [0.2, 0.25) is 0 Å². The fourth-order valence-electron chi connectivity index (χ4n) is 1.39. The monoisotopic (exact) mass is 195 g/mol. The standard InChI is InChI=1S/C12H18FN/c1-10-5-3-4-6-11(10)7-8-12(2,13)9-14/h3-6H,7-9,14H2,1-2H3. The lowest BCUT2D eigenvalue weighted by molar-refractivity contribution is 0.186. The summed E-state index contributed by atoms with van der Waals surface area (Å²) in [5.74, 6) is 0. The molecule has 1 atom stereocenters. The van der Waals surface area contributed by atoms with Gasteiger partial charge >= 0.3 is 0 Å². The summed E-state index contributed by atoms with van der Waals surface area (Å²) in [6.07, 6.45) is 1.26. The fourth-order valence-corrected chi connectivity index (χ4v) is 1.39. The topological polar surface area (TPSA) is 26.0 Å². The van der Waals surface area contributed by atoms with Gasteiger partial charge in [0.25, 0.3) is 0 Å². The number of benzene rings is 1. The van der Waals surface area contributed by atoms with Crippen LogP contribution in [0.3, 0.4) is 0 Å². The Balaban J connectivity index is 2.58. The summed E-state index contributed by atoms with van der Waals surface area (Å²) in [6, 6.07) is 8.08. The van der Waals surface area contributed by atoms with E-state index < -0.39 is 5.67 Å². The van der Waals surface area contributed by atoms with E-state index in [0.717, 1.165) is 6.42 Å². The summed E-state index contributed by atoms with van der Waals surface area (Å²) in [7, 11) is 0. The Morgan fingerprint density at radius 1 is 1.36 bits per heavy atom. The molecule has 0 bridgehead atoms. The molecule has 14 heavy (non-hydrogen) atoms. The second-order valence-electron chi connectivity index (χ2n) is 4.04. The molecular weight excluding hydrogens is 177 g/mol. The van der Waals surface area contributed by atoms with E-state index >= 15 is 0 Å². The van der Waals surface area contributed by atoms with Gasteiger partial charge in [-0.3, -0.25) is 0 Å². The SMILES string of the molecule is Cc1ccccc1CCC(C)(F)CN. The highest BCUT2D eigenvalue weighted by atomic mass is 19.1. The molecule has 0 fully saturated rings. The first-order valence-electron chi connectivity index (χ1n) is 4.99. The lowest BCUT2D eigenvalue weighted by atomic mass is 9.96. The lowest BCUT2D eigenvalue weighted by Crippen LogP contribution is -2.29. The van der Waals surface area contributed by atoms with Gasteiger partial charge in [0.15, 0.2) is 0 Å². The predicted molar refractivity (Wildman–Crippen MR) is 58.1 cm³/mol. The molecule has 1 aromatic rings. The third-order valence-corrected chi connectivity index (χ3v) is 2.60. The molecule has 2 heteroatoms. The molecule has 0 saturated carbocycles. The Morgan fingerprint density at radius 3 is 2.57 bits per heavy atom. The third kappa shape index (κ3) is 3.11. The van der Waals surface area contributed by atoms with Gasteiger partial charge in [-0.05, 0) is 37.8 Å². The molecule has 1 nitrogen and oxygen atoms in total. The van der Waals surface area contributed by atoms with Crippen LogP contribution in [0.5, 0.6) is 0 Å². The fraction of sp³-hybridized carbons (Fsp3) is 0.500. The van der Waals surface area contributed by atoms with Crippen LogP contribution >= 0.6 is 0 Å². The first-order chi connectivity index (χ1) is 6.55. The van der Waals surface area contributed by atoms with Crippen LogP contribution in [0.15, 0.2) is 24.3 Å². The van der Waals surface area contributed by atoms with Gasteiger partial charge in [-0.2, -0.15) is 0 Å². The quantitative estimate of drug-likeness (QED) is 0.785. The van der Waals surface area contributed by atoms with Crippen LogP contribution in [0.2, 0.25) is 0 Å². The van der Waals surface area contributed by atoms with Crippen LogP contribution < -0.4 is 5.73 Å². The summed E-state index contributed by atoms with van der Waals surface area (Å²) in [5, 5.41) is 0. The first-order valence-corrected chi connectivity index (χ1v) is 4.99. The molecule has 0 aliphatic rings. The van der Waals surface area contributed by atoms with Crippen molar-refractivity contribution in [1.82, 2.24) is 0 Å². The van der Waals surface area contributed by atoms with Crippen molar-refractivity contribution in [3.63, 3.8) is 0 Å².